The Hall–Kier alpha value is -0.570. The van der Waals surface area contributed by atoms with Gasteiger partial charge in [-0.25, -0.2) is 0 Å². The van der Waals surface area contributed by atoms with E-state index < -0.39 is 11.5 Å². The molecule has 0 saturated heterocycles. The number of hydrogen-bond donors (Lipinski definition) is 2. The van der Waals surface area contributed by atoms with Crippen LogP contribution in [0.1, 0.15) is 46.5 Å². The fraction of sp³-hybridized carbons (Fsp3) is 0.900. The maximum atomic E-state index is 10.5. The fourth-order valence-corrected chi connectivity index (χ4v) is 1.81. The van der Waals surface area contributed by atoms with Crippen molar-refractivity contribution in [2.24, 2.45) is 11.7 Å². The molecule has 0 heterocycles. The second-order valence-corrected chi connectivity index (χ2v) is 4.32. The van der Waals surface area contributed by atoms with Crippen molar-refractivity contribution in [3.63, 3.8) is 0 Å². The number of carboxylic acids is 1. The summed E-state index contributed by atoms with van der Waals surface area (Å²) in [6.07, 6.45) is 3.09. The predicted octanol–water partition coefficient (Wildman–Crippen LogP) is 2.00. The summed E-state index contributed by atoms with van der Waals surface area (Å²) in [6, 6.07) is 0. The molecular weight excluding hydrogens is 166 g/mol. The van der Waals surface area contributed by atoms with Gasteiger partial charge in [-0.2, -0.15) is 0 Å². The molecule has 0 rings (SSSR count). The van der Waals surface area contributed by atoms with Crippen LogP contribution in [-0.2, 0) is 4.79 Å². The second-order valence-electron chi connectivity index (χ2n) is 4.32. The third-order valence-corrected chi connectivity index (χ3v) is 2.15. The molecule has 0 amide bonds. The number of carboxylic acid groups (broad SMARTS) is 1. The van der Waals surface area contributed by atoms with E-state index in [2.05, 4.69) is 13.8 Å². The summed E-state index contributed by atoms with van der Waals surface area (Å²) in [7, 11) is 0. The van der Waals surface area contributed by atoms with E-state index in [-0.39, 0.29) is 6.42 Å². The quantitative estimate of drug-likeness (QED) is 0.668. The van der Waals surface area contributed by atoms with E-state index in [1.807, 2.05) is 6.92 Å². The van der Waals surface area contributed by atoms with Gasteiger partial charge in [0.2, 0.25) is 0 Å². The summed E-state index contributed by atoms with van der Waals surface area (Å²) in [5.74, 6) is -0.298. The molecule has 0 aromatic rings. The minimum Gasteiger partial charge on any atom is -0.481 e. The third kappa shape index (κ3) is 6.58. The molecule has 0 aliphatic rings. The standard InChI is InChI=1S/C10H21NO2/c1-4-5-8(2)6-10(3,11)7-9(12)13/h8H,4-7,11H2,1-3H3,(H,12,13)/t8?,10-/m0/s1. The molecule has 3 heteroatoms. The van der Waals surface area contributed by atoms with Gasteiger partial charge in [0.1, 0.15) is 0 Å². The lowest BCUT2D eigenvalue weighted by Gasteiger charge is -2.26. The van der Waals surface area contributed by atoms with Gasteiger partial charge in [-0.3, -0.25) is 4.79 Å². The topological polar surface area (TPSA) is 63.3 Å². The first-order valence-corrected chi connectivity index (χ1v) is 4.88. The fourth-order valence-electron chi connectivity index (χ4n) is 1.81. The van der Waals surface area contributed by atoms with E-state index in [9.17, 15) is 4.79 Å². The van der Waals surface area contributed by atoms with Crippen molar-refractivity contribution in [1.29, 1.82) is 0 Å². The lowest BCUT2D eigenvalue weighted by atomic mass is 9.86. The zero-order chi connectivity index (χ0) is 10.5. The molecule has 0 fully saturated rings. The van der Waals surface area contributed by atoms with E-state index >= 15 is 0 Å². The first kappa shape index (κ1) is 12.4. The van der Waals surface area contributed by atoms with Crippen LogP contribution in [0.2, 0.25) is 0 Å². The van der Waals surface area contributed by atoms with Gasteiger partial charge in [0.25, 0.3) is 0 Å². The number of hydrogen-bond acceptors (Lipinski definition) is 2. The molecule has 3 N–H and O–H groups in total. The van der Waals surface area contributed by atoms with Gasteiger partial charge in [0.15, 0.2) is 0 Å². The van der Waals surface area contributed by atoms with E-state index in [0.29, 0.717) is 5.92 Å². The van der Waals surface area contributed by atoms with Crippen molar-refractivity contribution >= 4 is 5.97 Å². The minimum absolute atomic E-state index is 0.0566. The molecule has 0 spiro atoms. The lowest BCUT2D eigenvalue weighted by molar-refractivity contribution is -0.138. The number of carbonyl (C=O) groups is 1. The highest BCUT2D eigenvalue weighted by Gasteiger charge is 2.24. The Morgan fingerprint density at radius 1 is 1.62 bits per heavy atom. The molecule has 3 nitrogen and oxygen atoms in total. The highest BCUT2D eigenvalue weighted by molar-refractivity contribution is 5.68. The lowest BCUT2D eigenvalue weighted by Crippen LogP contribution is -2.40. The van der Waals surface area contributed by atoms with Crippen molar-refractivity contribution in [1.82, 2.24) is 0 Å². The molecule has 0 aromatic carbocycles. The molecule has 0 aliphatic carbocycles. The summed E-state index contributed by atoms with van der Waals surface area (Å²) in [6.45, 7) is 6.06. The van der Waals surface area contributed by atoms with E-state index in [1.165, 1.54) is 0 Å². The Kier molecular flexibility index (Phi) is 4.99. The largest absolute Gasteiger partial charge is 0.481 e. The monoisotopic (exact) mass is 187 g/mol. The van der Waals surface area contributed by atoms with Crippen molar-refractivity contribution in [3.8, 4) is 0 Å². The van der Waals surface area contributed by atoms with Gasteiger partial charge in [-0.05, 0) is 19.3 Å². The van der Waals surface area contributed by atoms with Crippen LogP contribution in [0.15, 0.2) is 0 Å². The third-order valence-electron chi connectivity index (χ3n) is 2.15. The number of nitrogens with two attached hydrogens (primary N) is 1. The molecule has 0 bridgehead atoms. The predicted molar refractivity (Wildman–Crippen MR) is 53.5 cm³/mol. The Morgan fingerprint density at radius 2 is 2.15 bits per heavy atom. The minimum atomic E-state index is -0.811. The van der Waals surface area contributed by atoms with Crippen LogP contribution >= 0.6 is 0 Å². The molecule has 2 atom stereocenters. The molecule has 0 radical (unpaired) electrons. The highest BCUT2D eigenvalue weighted by Crippen LogP contribution is 2.20. The molecule has 0 saturated carbocycles. The van der Waals surface area contributed by atoms with Crippen LogP contribution in [0, 0.1) is 5.92 Å². The van der Waals surface area contributed by atoms with Crippen molar-refractivity contribution in [2.45, 2.75) is 52.0 Å². The maximum absolute atomic E-state index is 10.5. The molecule has 0 aliphatic heterocycles. The average molecular weight is 187 g/mol. The second kappa shape index (κ2) is 5.22. The zero-order valence-corrected chi connectivity index (χ0v) is 8.84. The van der Waals surface area contributed by atoms with Crippen LogP contribution in [0.5, 0.6) is 0 Å². The van der Waals surface area contributed by atoms with Gasteiger partial charge >= 0.3 is 5.97 Å². The first-order valence-electron chi connectivity index (χ1n) is 4.88. The van der Waals surface area contributed by atoms with E-state index in [1.54, 1.807) is 0 Å². The molecule has 1 unspecified atom stereocenters. The zero-order valence-electron chi connectivity index (χ0n) is 8.84. The van der Waals surface area contributed by atoms with E-state index in [4.69, 9.17) is 10.8 Å². The van der Waals surface area contributed by atoms with E-state index in [0.717, 1.165) is 19.3 Å². The Morgan fingerprint density at radius 3 is 2.54 bits per heavy atom. The van der Waals surface area contributed by atoms with Gasteiger partial charge < -0.3 is 10.8 Å². The van der Waals surface area contributed by atoms with Gasteiger partial charge in [0.05, 0.1) is 6.42 Å². The molecular formula is C10H21NO2. The Bertz CT molecular complexity index is 166. The average Bonchev–Trinajstić information content (AvgIpc) is 1.81. The van der Waals surface area contributed by atoms with Gasteiger partial charge in [-0.1, -0.05) is 26.7 Å². The van der Waals surface area contributed by atoms with Crippen LogP contribution in [0.25, 0.3) is 0 Å². The van der Waals surface area contributed by atoms with Crippen molar-refractivity contribution in [3.05, 3.63) is 0 Å². The van der Waals surface area contributed by atoms with Crippen LogP contribution in [0.4, 0.5) is 0 Å². The van der Waals surface area contributed by atoms with Crippen molar-refractivity contribution < 1.29 is 9.90 Å². The first-order chi connectivity index (χ1) is 5.87. The molecule has 0 aromatic heterocycles. The molecule has 78 valence electrons. The summed E-state index contributed by atoms with van der Waals surface area (Å²) < 4.78 is 0. The summed E-state index contributed by atoms with van der Waals surface area (Å²) in [5.41, 5.74) is 5.31. The SMILES string of the molecule is CCCC(C)C[C@](C)(N)CC(=O)O. The van der Waals surface area contributed by atoms with Crippen molar-refractivity contribution in [2.75, 3.05) is 0 Å². The van der Waals surface area contributed by atoms with Gasteiger partial charge in [0, 0.05) is 5.54 Å². The Labute approximate surface area is 80.3 Å². The number of rotatable bonds is 6. The number of aliphatic carboxylic acids is 1. The summed E-state index contributed by atoms with van der Waals surface area (Å²) in [4.78, 5) is 10.5. The van der Waals surface area contributed by atoms with Crippen LogP contribution in [-0.4, -0.2) is 16.6 Å². The van der Waals surface area contributed by atoms with Gasteiger partial charge in [-0.15, -0.1) is 0 Å². The normalized spacial score (nSPS) is 17.8. The summed E-state index contributed by atoms with van der Waals surface area (Å²) >= 11 is 0. The molecule has 13 heavy (non-hydrogen) atoms. The highest BCUT2D eigenvalue weighted by atomic mass is 16.4. The summed E-state index contributed by atoms with van der Waals surface area (Å²) in [5, 5.41) is 8.61. The van der Waals surface area contributed by atoms with Crippen LogP contribution in [0.3, 0.4) is 0 Å². The Balaban J connectivity index is 3.92. The maximum Gasteiger partial charge on any atom is 0.305 e. The van der Waals surface area contributed by atoms with Crippen LogP contribution < -0.4 is 5.73 Å². The smallest absolute Gasteiger partial charge is 0.305 e.